The molecule has 17 heavy (non-hydrogen) atoms. The highest BCUT2D eigenvalue weighted by atomic mass is 16.5. The van der Waals surface area contributed by atoms with Gasteiger partial charge in [0.05, 0.1) is 11.3 Å². The Kier molecular flexibility index (Phi) is 4.98. The smallest absolute Gasteiger partial charge is 0.224 e. The molecule has 1 rings (SSSR count). The first-order valence-corrected chi connectivity index (χ1v) is 5.25. The standard InChI is InChI=1S/C12H15N3O2/c1-17-6-2-3-12(16)15-11-5-4-10(14)7-9(11)8-13/h4-5,7H,2-3,6,14H2,1H3,(H,15,16). The third-order valence-electron chi connectivity index (χ3n) is 2.19. The molecule has 0 atom stereocenters. The summed E-state index contributed by atoms with van der Waals surface area (Å²) in [5.74, 6) is -0.136. The average Bonchev–Trinajstić information content (AvgIpc) is 2.32. The fraction of sp³-hybridized carbons (Fsp3) is 0.333. The van der Waals surface area contributed by atoms with Crippen LogP contribution in [0.2, 0.25) is 0 Å². The van der Waals surface area contributed by atoms with Gasteiger partial charge in [0.1, 0.15) is 6.07 Å². The molecule has 0 aliphatic heterocycles. The van der Waals surface area contributed by atoms with Gasteiger partial charge in [-0.1, -0.05) is 0 Å². The van der Waals surface area contributed by atoms with Crippen LogP contribution in [0.4, 0.5) is 11.4 Å². The minimum Gasteiger partial charge on any atom is -0.399 e. The van der Waals surface area contributed by atoms with Crippen molar-refractivity contribution < 1.29 is 9.53 Å². The molecular weight excluding hydrogens is 218 g/mol. The van der Waals surface area contributed by atoms with Crippen molar-refractivity contribution in [1.29, 1.82) is 5.26 Å². The second kappa shape index (κ2) is 6.51. The molecule has 0 unspecified atom stereocenters. The zero-order valence-electron chi connectivity index (χ0n) is 9.69. The minimum atomic E-state index is -0.136. The zero-order chi connectivity index (χ0) is 12.7. The van der Waals surface area contributed by atoms with Gasteiger partial charge >= 0.3 is 0 Å². The van der Waals surface area contributed by atoms with E-state index in [1.54, 1.807) is 19.2 Å². The number of anilines is 2. The first-order valence-electron chi connectivity index (χ1n) is 5.25. The van der Waals surface area contributed by atoms with Crippen LogP contribution in [-0.4, -0.2) is 19.6 Å². The number of carbonyl (C=O) groups is 1. The Hall–Kier alpha value is -2.06. The summed E-state index contributed by atoms with van der Waals surface area (Å²) < 4.78 is 4.85. The van der Waals surface area contributed by atoms with E-state index < -0.39 is 0 Å². The summed E-state index contributed by atoms with van der Waals surface area (Å²) in [6, 6.07) is 6.79. The van der Waals surface area contributed by atoms with Crippen molar-refractivity contribution in [3.05, 3.63) is 23.8 Å². The van der Waals surface area contributed by atoms with Crippen molar-refractivity contribution in [3.63, 3.8) is 0 Å². The van der Waals surface area contributed by atoms with E-state index >= 15 is 0 Å². The second-order valence-corrected chi connectivity index (χ2v) is 3.56. The number of carbonyl (C=O) groups excluding carboxylic acids is 1. The van der Waals surface area contributed by atoms with Gasteiger partial charge in [-0.2, -0.15) is 5.26 Å². The Morgan fingerprint density at radius 1 is 1.59 bits per heavy atom. The summed E-state index contributed by atoms with van der Waals surface area (Å²) in [4.78, 5) is 11.5. The Balaban J connectivity index is 2.62. The minimum absolute atomic E-state index is 0.136. The summed E-state index contributed by atoms with van der Waals surface area (Å²) in [5.41, 5.74) is 6.91. The molecule has 1 aromatic carbocycles. The van der Waals surface area contributed by atoms with E-state index in [0.717, 1.165) is 0 Å². The van der Waals surface area contributed by atoms with Crippen LogP contribution in [0, 0.1) is 11.3 Å². The van der Waals surface area contributed by atoms with E-state index in [2.05, 4.69) is 5.32 Å². The zero-order valence-corrected chi connectivity index (χ0v) is 9.69. The maximum absolute atomic E-state index is 11.5. The van der Waals surface area contributed by atoms with Crippen molar-refractivity contribution in [3.8, 4) is 6.07 Å². The summed E-state index contributed by atoms with van der Waals surface area (Å²) in [7, 11) is 1.59. The predicted octanol–water partition coefficient (Wildman–Crippen LogP) is 1.51. The van der Waals surface area contributed by atoms with Crippen molar-refractivity contribution in [2.75, 3.05) is 24.8 Å². The average molecular weight is 233 g/mol. The number of nitrogen functional groups attached to an aromatic ring is 1. The third-order valence-corrected chi connectivity index (χ3v) is 2.19. The summed E-state index contributed by atoms with van der Waals surface area (Å²) >= 11 is 0. The van der Waals surface area contributed by atoms with Crippen LogP contribution >= 0.6 is 0 Å². The molecule has 0 fully saturated rings. The van der Waals surface area contributed by atoms with E-state index in [1.165, 1.54) is 6.07 Å². The van der Waals surface area contributed by atoms with Gasteiger partial charge < -0.3 is 15.8 Å². The van der Waals surface area contributed by atoms with Gasteiger partial charge in [-0.3, -0.25) is 4.79 Å². The highest BCUT2D eigenvalue weighted by Gasteiger charge is 2.06. The number of nitriles is 1. The molecule has 0 bridgehead atoms. The van der Waals surface area contributed by atoms with E-state index in [4.69, 9.17) is 15.7 Å². The second-order valence-electron chi connectivity index (χ2n) is 3.56. The number of nitrogens with zero attached hydrogens (tertiary/aromatic N) is 1. The topological polar surface area (TPSA) is 88.1 Å². The number of benzene rings is 1. The number of rotatable bonds is 5. The van der Waals surface area contributed by atoms with Gasteiger partial charge in [0.2, 0.25) is 5.91 Å². The lowest BCUT2D eigenvalue weighted by molar-refractivity contribution is -0.116. The maximum atomic E-state index is 11.5. The molecule has 1 amide bonds. The fourth-order valence-corrected chi connectivity index (χ4v) is 1.35. The predicted molar refractivity (Wildman–Crippen MR) is 65.3 cm³/mol. The van der Waals surface area contributed by atoms with Crippen molar-refractivity contribution in [2.24, 2.45) is 0 Å². The molecule has 3 N–H and O–H groups in total. The normalized spacial score (nSPS) is 9.65. The summed E-state index contributed by atoms with van der Waals surface area (Å²) in [5, 5.41) is 11.6. The van der Waals surface area contributed by atoms with Crippen molar-refractivity contribution in [1.82, 2.24) is 0 Å². The molecule has 0 radical (unpaired) electrons. The molecule has 90 valence electrons. The fourth-order valence-electron chi connectivity index (χ4n) is 1.35. The van der Waals surface area contributed by atoms with Gasteiger partial charge in [0, 0.05) is 25.8 Å². The third kappa shape index (κ3) is 4.13. The molecule has 1 aromatic rings. The van der Waals surface area contributed by atoms with Gasteiger partial charge in [0.25, 0.3) is 0 Å². The van der Waals surface area contributed by atoms with Crippen LogP contribution in [-0.2, 0) is 9.53 Å². The summed E-state index contributed by atoms with van der Waals surface area (Å²) in [6.07, 6.45) is 1.02. The quantitative estimate of drug-likeness (QED) is 0.596. The molecule has 5 nitrogen and oxygen atoms in total. The van der Waals surface area contributed by atoms with Gasteiger partial charge in [-0.15, -0.1) is 0 Å². The molecule has 5 heteroatoms. The van der Waals surface area contributed by atoms with Crippen LogP contribution < -0.4 is 11.1 Å². The monoisotopic (exact) mass is 233 g/mol. The summed E-state index contributed by atoms with van der Waals surface area (Å²) in [6.45, 7) is 0.542. The first-order chi connectivity index (χ1) is 8.17. The Morgan fingerprint density at radius 2 is 2.35 bits per heavy atom. The number of hydrogen-bond donors (Lipinski definition) is 2. The van der Waals surface area contributed by atoms with Crippen LogP contribution in [0.25, 0.3) is 0 Å². The molecule has 0 aliphatic rings. The lowest BCUT2D eigenvalue weighted by Crippen LogP contribution is -2.13. The Morgan fingerprint density at radius 3 is 3.00 bits per heavy atom. The number of nitrogens with one attached hydrogen (secondary N) is 1. The lowest BCUT2D eigenvalue weighted by atomic mass is 10.1. The lowest BCUT2D eigenvalue weighted by Gasteiger charge is -2.07. The van der Waals surface area contributed by atoms with Crippen LogP contribution in [0.3, 0.4) is 0 Å². The molecule has 0 spiro atoms. The molecule has 0 heterocycles. The van der Waals surface area contributed by atoms with E-state index in [-0.39, 0.29) is 5.91 Å². The number of methoxy groups -OCH3 is 1. The van der Waals surface area contributed by atoms with E-state index in [1.807, 2.05) is 6.07 Å². The molecule has 0 saturated heterocycles. The van der Waals surface area contributed by atoms with Gasteiger partial charge in [0.15, 0.2) is 0 Å². The number of amides is 1. The highest BCUT2D eigenvalue weighted by molar-refractivity contribution is 5.92. The van der Waals surface area contributed by atoms with Crippen LogP contribution in [0.15, 0.2) is 18.2 Å². The SMILES string of the molecule is COCCCC(=O)Nc1ccc(N)cc1C#N. The number of ether oxygens (including phenoxy) is 1. The maximum Gasteiger partial charge on any atom is 0.224 e. The van der Waals surface area contributed by atoms with Crippen LogP contribution in [0.1, 0.15) is 18.4 Å². The van der Waals surface area contributed by atoms with E-state index in [0.29, 0.717) is 36.4 Å². The number of nitrogens with two attached hydrogens (primary N) is 1. The van der Waals surface area contributed by atoms with Gasteiger partial charge in [-0.05, 0) is 24.6 Å². The van der Waals surface area contributed by atoms with Crippen molar-refractivity contribution >= 4 is 17.3 Å². The molecule has 0 aliphatic carbocycles. The highest BCUT2D eigenvalue weighted by Crippen LogP contribution is 2.18. The van der Waals surface area contributed by atoms with Gasteiger partial charge in [-0.25, -0.2) is 0 Å². The molecule has 0 saturated carbocycles. The van der Waals surface area contributed by atoms with Crippen LogP contribution in [0.5, 0.6) is 0 Å². The van der Waals surface area contributed by atoms with Crippen molar-refractivity contribution in [2.45, 2.75) is 12.8 Å². The Labute approximate surface area is 100 Å². The molecular formula is C12H15N3O2. The largest absolute Gasteiger partial charge is 0.399 e. The first kappa shape index (κ1) is 13.0. The Bertz CT molecular complexity index is 438. The van der Waals surface area contributed by atoms with E-state index in [9.17, 15) is 4.79 Å². The number of hydrogen-bond acceptors (Lipinski definition) is 4. The molecule has 0 aromatic heterocycles.